The Morgan fingerprint density at radius 3 is 2.95 bits per heavy atom. The zero-order chi connectivity index (χ0) is 14.5. The van der Waals surface area contributed by atoms with Crippen molar-refractivity contribution < 1.29 is 0 Å². The number of aryl methyl sites for hydroxylation is 1. The Bertz CT molecular complexity index is 694. The van der Waals surface area contributed by atoms with E-state index in [0.717, 1.165) is 30.2 Å². The van der Waals surface area contributed by atoms with Crippen LogP contribution in [-0.2, 0) is 6.42 Å². The minimum atomic E-state index is 0.177. The van der Waals surface area contributed by atoms with Gasteiger partial charge in [0.05, 0.1) is 5.52 Å². The third-order valence-corrected chi connectivity index (χ3v) is 4.67. The van der Waals surface area contributed by atoms with Crippen LogP contribution < -0.4 is 11.3 Å². The van der Waals surface area contributed by atoms with E-state index in [0.29, 0.717) is 0 Å². The maximum absolute atomic E-state index is 5.74. The van der Waals surface area contributed by atoms with Crippen LogP contribution in [0.15, 0.2) is 54.0 Å². The quantitative estimate of drug-likeness (QED) is 0.537. The van der Waals surface area contributed by atoms with Crippen molar-refractivity contribution in [3.8, 4) is 0 Å². The number of hydrazine groups is 1. The number of hydrogen-bond donors (Lipinski definition) is 2. The van der Waals surface area contributed by atoms with Crippen LogP contribution in [0.25, 0.3) is 10.9 Å². The fourth-order valence-electron chi connectivity index (χ4n) is 2.58. The largest absolute Gasteiger partial charge is 0.271 e. The third-order valence-electron chi connectivity index (χ3n) is 3.73. The van der Waals surface area contributed by atoms with E-state index in [1.54, 1.807) is 0 Å². The van der Waals surface area contributed by atoms with Crippen LogP contribution in [0.1, 0.15) is 29.3 Å². The van der Waals surface area contributed by atoms with E-state index >= 15 is 0 Å². The van der Waals surface area contributed by atoms with Gasteiger partial charge in [0, 0.05) is 22.5 Å². The van der Waals surface area contributed by atoms with Gasteiger partial charge in [-0.15, -0.1) is 11.3 Å². The van der Waals surface area contributed by atoms with Crippen molar-refractivity contribution in [3.63, 3.8) is 0 Å². The van der Waals surface area contributed by atoms with Crippen LogP contribution in [0, 0.1) is 0 Å². The smallest absolute Gasteiger partial charge is 0.0705 e. The average Bonchev–Trinajstić information content (AvgIpc) is 3.04. The van der Waals surface area contributed by atoms with Gasteiger partial charge in [-0.3, -0.25) is 16.3 Å². The number of nitrogens with two attached hydrogens (primary N) is 1. The number of fused-ring (bicyclic) bond motifs is 1. The van der Waals surface area contributed by atoms with Gasteiger partial charge in [0.25, 0.3) is 0 Å². The maximum atomic E-state index is 5.74. The molecular formula is C17H19N3S. The third kappa shape index (κ3) is 3.47. The second-order valence-corrected chi connectivity index (χ2v) is 6.18. The van der Waals surface area contributed by atoms with Crippen molar-refractivity contribution in [2.24, 2.45) is 5.84 Å². The molecule has 0 spiro atoms. The molecule has 3 rings (SSSR count). The Kier molecular flexibility index (Phi) is 4.60. The monoisotopic (exact) mass is 297 g/mol. The van der Waals surface area contributed by atoms with Crippen LogP contribution in [0.3, 0.4) is 0 Å². The summed E-state index contributed by atoms with van der Waals surface area (Å²) < 4.78 is 0. The van der Waals surface area contributed by atoms with Gasteiger partial charge in [-0.1, -0.05) is 24.3 Å². The predicted octanol–water partition coefficient (Wildman–Crippen LogP) is 3.82. The van der Waals surface area contributed by atoms with Gasteiger partial charge in [-0.25, -0.2) is 0 Å². The summed E-state index contributed by atoms with van der Waals surface area (Å²) in [6.45, 7) is 0. The van der Waals surface area contributed by atoms with E-state index in [-0.39, 0.29) is 6.04 Å². The number of aromatic nitrogens is 1. The molecule has 0 aliphatic rings. The van der Waals surface area contributed by atoms with Crippen molar-refractivity contribution in [1.82, 2.24) is 10.4 Å². The Labute approximate surface area is 128 Å². The van der Waals surface area contributed by atoms with Gasteiger partial charge in [0.1, 0.15) is 0 Å². The van der Waals surface area contributed by atoms with E-state index < -0.39 is 0 Å². The molecule has 0 bridgehead atoms. The SMILES string of the molecule is NNC(CCCc1cccs1)c1ccc2cccnc2c1. The molecule has 0 fully saturated rings. The molecule has 0 aliphatic heterocycles. The van der Waals surface area contributed by atoms with E-state index in [2.05, 4.69) is 52.2 Å². The van der Waals surface area contributed by atoms with Crippen LogP contribution in [-0.4, -0.2) is 4.98 Å². The number of rotatable bonds is 6. The number of pyridine rings is 1. The van der Waals surface area contributed by atoms with E-state index in [1.807, 2.05) is 23.6 Å². The lowest BCUT2D eigenvalue weighted by molar-refractivity contribution is 0.500. The van der Waals surface area contributed by atoms with Crippen LogP contribution in [0.5, 0.6) is 0 Å². The molecule has 1 atom stereocenters. The lowest BCUT2D eigenvalue weighted by Gasteiger charge is -2.16. The Balaban J connectivity index is 1.68. The second-order valence-electron chi connectivity index (χ2n) is 5.15. The summed E-state index contributed by atoms with van der Waals surface area (Å²) in [5.41, 5.74) is 5.16. The highest BCUT2D eigenvalue weighted by molar-refractivity contribution is 7.09. The number of hydrogen-bond acceptors (Lipinski definition) is 4. The summed E-state index contributed by atoms with van der Waals surface area (Å²) in [5, 5.41) is 3.29. The summed E-state index contributed by atoms with van der Waals surface area (Å²) in [5.74, 6) is 5.74. The highest BCUT2D eigenvalue weighted by Gasteiger charge is 2.10. The molecule has 108 valence electrons. The fraction of sp³-hybridized carbons (Fsp3) is 0.235. The fourth-order valence-corrected chi connectivity index (χ4v) is 3.33. The molecule has 3 nitrogen and oxygen atoms in total. The molecule has 3 N–H and O–H groups in total. The van der Waals surface area contributed by atoms with Gasteiger partial charge >= 0.3 is 0 Å². The summed E-state index contributed by atoms with van der Waals surface area (Å²) in [7, 11) is 0. The van der Waals surface area contributed by atoms with Gasteiger partial charge in [-0.05, 0) is 48.4 Å². The predicted molar refractivity (Wildman–Crippen MR) is 89.1 cm³/mol. The lowest BCUT2D eigenvalue weighted by Crippen LogP contribution is -2.28. The normalized spacial score (nSPS) is 12.6. The lowest BCUT2D eigenvalue weighted by atomic mass is 10.00. The second kappa shape index (κ2) is 6.80. The van der Waals surface area contributed by atoms with Gasteiger partial charge in [0.2, 0.25) is 0 Å². The summed E-state index contributed by atoms with van der Waals surface area (Å²) >= 11 is 1.82. The first-order chi connectivity index (χ1) is 10.4. The molecule has 0 aliphatic carbocycles. The van der Waals surface area contributed by atoms with Crippen LogP contribution in [0.2, 0.25) is 0 Å². The zero-order valence-electron chi connectivity index (χ0n) is 11.8. The minimum absolute atomic E-state index is 0.177. The molecular weight excluding hydrogens is 278 g/mol. The zero-order valence-corrected chi connectivity index (χ0v) is 12.6. The number of benzene rings is 1. The molecule has 0 amide bonds. The van der Waals surface area contributed by atoms with Crippen LogP contribution >= 0.6 is 11.3 Å². The molecule has 1 aromatic carbocycles. The van der Waals surface area contributed by atoms with Gasteiger partial charge < -0.3 is 0 Å². The molecule has 0 saturated carbocycles. The van der Waals surface area contributed by atoms with Crippen molar-refractivity contribution in [2.75, 3.05) is 0 Å². The first kappa shape index (κ1) is 14.2. The van der Waals surface area contributed by atoms with E-state index in [9.17, 15) is 0 Å². The Hall–Kier alpha value is -1.75. The van der Waals surface area contributed by atoms with Gasteiger partial charge in [-0.2, -0.15) is 0 Å². The summed E-state index contributed by atoms with van der Waals surface area (Å²) in [6, 6.07) is 14.9. The van der Waals surface area contributed by atoms with E-state index in [1.165, 1.54) is 10.4 Å². The highest BCUT2D eigenvalue weighted by Crippen LogP contribution is 2.23. The summed E-state index contributed by atoms with van der Waals surface area (Å²) in [4.78, 5) is 5.85. The van der Waals surface area contributed by atoms with Crippen molar-refractivity contribution in [3.05, 3.63) is 64.5 Å². The molecule has 3 aromatic rings. The molecule has 4 heteroatoms. The number of thiophene rings is 1. The average molecular weight is 297 g/mol. The first-order valence-corrected chi connectivity index (χ1v) is 8.08. The molecule has 2 heterocycles. The molecule has 0 saturated heterocycles. The van der Waals surface area contributed by atoms with E-state index in [4.69, 9.17) is 5.84 Å². The number of nitrogens with zero attached hydrogens (tertiary/aromatic N) is 1. The Morgan fingerprint density at radius 1 is 1.19 bits per heavy atom. The van der Waals surface area contributed by atoms with Crippen LogP contribution in [0.4, 0.5) is 0 Å². The van der Waals surface area contributed by atoms with Gasteiger partial charge in [0.15, 0.2) is 0 Å². The molecule has 21 heavy (non-hydrogen) atoms. The summed E-state index contributed by atoms with van der Waals surface area (Å²) in [6.07, 6.45) is 5.08. The molecule has 0 radical (unpaired) electrons. The maximum Gasteiger partial charge on any atom is 0.0705 e. The topological polar surface area (TPSA) is 50.9 Å². The van der Waals surface area contributed by atoms with Crippen molar-refractivity contribution >= 4 is 22.2 Å². The number of nitrogens with one attached hydrogen (secondary N) is 1. The standard InChI is InChI=1S/C17H19N3S/c18-20-16(7-1-5-15-6-3-11-21-15)14-9-8-13-4-2-10-19-17(13)12-14/h2-4,6,8-12,16,20H,1,5,7,18H2. The first-order valence-electron chi connectivity index (χ1n) is 7.20. The van der Waals surface area contributed by atoms with Crippen molar-refractivity contribution in [1.29, 1.82) is 0 Å². The Morgan fingerprint density at radius 2 is 2.14 bits per heavy atom. The highest BCUT2D eigenvalue weighted by atomic mass is 32.1. The van der Waals surface area contributed by atoms with Crippen molar-refractivity contribution in [2.45, 2.75) is 25.3 Å². The minimum Gasteiger partial charge on any atom is -0.271 e. The molecule has 1 unspecified atom stereocenters. The molecule has 2 aromatic heterocycles.